The highest BCUT2D eigenvalue weighted by Crippen LogP contribution is 2.24. The van der Waals surface area contributed by atoms with E-state index >= 15 is 0 Å². The molecule has 20 heavy (non-hydrogen) atoms. The maximum Gasteiger partial charge on any atom is 0.264 e. The number of halogens is 3. The van der Waals surface area contributed by atoms with Gasteiger partial charge >= 0.3 is 0 Å². The van der Waals surface area contributed by atoms with Crippen LogP contribution in [-0.2, 0) is 9.05 Å². The largest absolute Gasteiger partial charge is 0.347 e. The van der Waals surface area contributed by atoms with Crippen LogP contribution in [0.4, 0.5) is 8.78 Å². The first kappa shape index (κ1) is 16.8. The van der Waals surface area contributed by atoms with E-state index in [2.05, 4.69) is 5.32 Å². The van der Waals surface area contributed by atoms with Crippen LogP contribution in [0, 0.1) is 11.6 Å². The fourth-order valence-corrected chi connectivity index (χ4v) is 2.28. The summed E-state index contributed by atoms with van der Waals surface area (Å²) in [4.78, 5) is 10.9. The van der Waals surface area contributed by atoms with Gasteiger partial charge in [-0.25, -0.2) is 17.2 Å². The van der Waals surface area contributed by atoms with Gasteiger partial charge in [0.15, 0.2) is 5.82 Å². The highest BCUT2D eigenvalue weighted by molar-refractivity contribution is 8.13. The fraction of sp³-hybridized carbons (Fsp3) is 0.417. The number of hydrogen-bond acceptors (Lipinski definition) is 3. The van der Waals surface area contributed by atoms with Crippen molar-refractivity contribution in [3.8, 4) is 0 Å². The molecule has 1 rings (SSSR count). The number of nitrogens with one attached hydrogen (secondary N) is 1. The van der Waals surface area contributed by atoms with Crippen molar-refractivity contribution in [2.24, 2.45) is 0 Å². The van der Waals surface area contributed by atoms with Gasteiger partial charge in [-0.2, -0.15) is 0 Å². The van der Waals surface area contributed by atoms with Crippen molar-refractivity contribution in [2.45, 2.75) is 37.6 Å². The molecular formula is C12H14ClF2NO3S. The third-order valence-corrected chi connectivity index (χ3v) is 4.17. The smallest absolute Gasteiger partial charge is 0.264 e. The Morgan fingerprint density at radius 1 is 1.35 bits per heavy atom. The summed E-state index contributed by atoms with van der Waals surface area (Å²) in [6.45, 7) is 5.19. The van der Waals surface area contributed by atoms with Crippen molar-refractivity contribution in [3.63, 3.8) is 0 Å². The second kappa shape index (κ2) is 5.65. The molecule has 0 aromatic heterocycles. The lowest BCUT2D eigenvalue weighted by Gasteiger charge is -2.24. The second-order valence-electron chi connectivity index (χ2n) is 4.89. The lowest BCUT2D eigenvalue weighted by molar-refractivity contribution is 0.0906. The van der Waals surface area contributed by atoms with Gasteiger partial charge in [0, 0.05) is 16.2 Å². The Morgan fingerprint density at radius 3 is 2.35 bits per heavy atom. The summed E-state index contributed by atoms with van der Waals surface area (Å²) in [7, 11) is 0.523. The number of rotatable bonds is 4. The van der Waals surface area contributed by atoms with E-state index in [4.69, 9.17) is 10.7 Å². The molecule has 8 heteroatoms. The third-order valence-electron chi connectivity index (χ3n) is 2.85. The highest BCUT2D eigenvalue weighted by atomic mass is 35.7. The minimum absolute atomic E-state index is 0.430. The van der Waals surface area contributed by atoms with Gasteiger partial charge < -0.3 is 5.32 Å². The van der Waals surface area contributed by atoms with E-state index in [1.54, 1.807) is 20.8 Å². The van der Waals surface area contributed by atoms with Crippen LogP contribution in [0.5, 0.6) is 0 Å². The fourth-order valence-electron chi connectivity index (χ4n) is 1.37. The zero-order chi connectivity index (χ0) is 15.7. The molecule has 0 aliphatic carbocycles. The van der Waals surface area contributed by atoms with Crippen molar-refractivity contribution < 1.29 is 22.0 Å². The molecule has 0 bridgehead atoms. The SMILES string of the molecule is CCC(C)(C)NC(=O)c1cc(F)cc(S(=O)(=O)Cl)c1F. The number of carbonyl (C=O) groups is 1. The number of carbonyl (C=O) groups excluding carboxylic acids is 1. The molecule has 0 saturated carbocycles. The van der Waals surface area contributed by atoms with Crippen molar-refractivity contribution >= 4 is 25.6 Å². The Bertz CT molecular complexity index is 644. The molecule has 0 aliphatic heterocycles. The number of benzene rings is 1. The summed E-state index contributed by atoms with van der Waals surface area (Å²) in [6.07, 6.45) is 0.552. The summed E-state index contributed by atoms with van der Waals surface area (Å²) in [5.74, 6) is -3.34. The van der Waals surface area contributed by atoms with Crippen molar-refractivity contribution in [3.05, 3.63) is 29.3 Å². The molecule has 4 nitrogen and oxygen atoms in total. The first-order chi connectivity index (χ1) is 8.98. The van der Waals surface area contributed by atoms with Gasteiger partial charge in [0.1, 0.15) is 10.7 Å². The molecule has 1 aromatic carbocycles. The zero-order valence-corrected chi connectivity index (χ0v) is 12.7. The molecule has 0 unspecified atom stereocenters. The molecular weight excluding hydrogens is 312 g/mol. The molecule has 1 aromatic rings. The van der Waals surface area contributed by atoms with Gasteiger partial charge in [0.25, 0.3) is 15.0 Å². The minimum atomic E-state index is -4.48. The van der Waals surface area contributed by atoms with Crippen LogP contribution in [-0.4, -0.2) is 19.9 Å². The van der Waals surface area contributed by atoms with E-state index in [-0.39, 0.29) is 0 Å². The van der Waals surface area contributed by atoms with Gasteiger partial charge in [0.2, 0.25) is 0 Å². The van der Waals surface area contributed by atoms with Gasteiger partial charge in [-0.05, 0) is 32.4 Å². The van der Waals surface area contributed by atoms with Gasteiger partial charge in [-0.15, -0.1) is 0 Å². The molecule has 0 saturated heterocycles. The Hall–Kier alpha value is -1.21. The minimum Gasteiger partial charge on any atom is -0.347 e. The average Bonchev–Trinajstić information content (AvgIpc) is 2.29. The quantitative estimate of drug-likeness (QED) is 0.866. The van der Waals surface area contributed by atoms with E-state index in [0.29, 0.717) is 18.6 Å². The van der Waals surface area contributed by atoms with E-state index in [9.17, 15) is 22.0 Å². The third kappa shape index (κ3) is 3.89. The molecule has 0 spiro atoms. The maximum atomic E-state index is 14.0. The molecule has 1 N–H and O–H groups in total. The first-order valence-corrected chi connectivity index (χ1v) is 8.05. The molecule has 0 radical (unpaired) electrons. The van der Waals surface area contributed by atoms with Gasteiger partial charge in [0.05, 0.1) is 5.56 Å². The van der Waals surface area contributed by atoms with Crippen molar-refractivity contribution in [2.75, 3.05) is 0 Å². The normalized spacial score (nSPS) is 12.3. The summed E-state index contributed by atoms with van der Waals surface area (Å²) in [5.41, 5.74) is -1.35. The van der Waals surface area contributed by atoms with Gasteiger partial charge in [-0.1, -0.05) is 6.92 Å². The van der Waals surface area contributed by atoms with E-state index in [1.807, 2.05) is 0 Å². The summed E-state index contributed by atoms with van der Waals surface area (Å²) < 4.78 is 49.6. The highest BCUT2D eigenvalue weighted by Gasteiger charge is 2.26. The van der Waals surface area contributed by atoms with E-state index in [0.717, 1.165) is 0 Å². The van der Waals surface area contributed by atoms with E-state index < -0.39 is 42.6 Å². The Kier molecular flexibility index (Phi) is 4.76. The number of hydrogen-bond donors (Lipinski definition) is 1. The van der Waals surface area contributed by atoms with Crippen molar-refractivity contribution in [1.29, 1.82) is 0 Å². The van der Waals surface area contributed by atoms with Crippen LogP contribution < -0.4 is 5.32 Å². The first-order valence-electron chi connectivity index (χ1n) is 5.74. The summed E-state index contributed by atoms with van der Waals surface area (Å²) >= 11 is 0. The monoisotopic (exact) mass is 325 g/mol. The lowest BCUT2D eigenvalue weighted by atomic mass is 10.0. The van der Waals surface area contributed by atoms with Crippen LogP contribution in [0.3, 0.4) is 0 Å². The standard InChI is InChI=1S/C12H14ClF2NO3S/c1-4-12(2,3)16-11(17)8-5-7(14)6-9(10(8)15)20(13,18)19/h5-6H,4H2,1-3H3,(H,16,17). The predicted octanol–water partition coefficient (Wildman–Crippen LogP) is 2.81. The topological polar surface area (TPSA) is 63.2 Å². The molecule has 0 fully saturated rings. The predicted molar refractivity (Wildman–Crippen MR) is 71.2 cm³/mol. The molecule has 0 aliphatic rings. The molecule has 112 valence electrons. The lowest BCUT2D eigenvalue weighted by Crippen LogP contribution is -2.43. The van der Waals surface area contributed by atoms with Crippen LogP contribution in [0.15, 0.2) is 17.0 Å². The Morgan fingerprint density at radius 2 is 1.90 bits per heavy atom. The number of amides is 1. The zero-order valence-electron chi connectivity index (χ0n) is 11.1. The van der Waals surface area contributed by atoms with E-state index in [1.165, 1.54) is 0 Å². The van der Waals surface area contributed by atoms with Crippen LogP contribution in [0.1, 0.15) is 37.6 Å². The maximum absolute atomic E-state index is 14.0. The van der Waals surface area contributed by atoms with Crippen LogP contribution in [0.2, 0.25) is 0 Å². The summed E-state index contributed by atoms with van der Waals surface area (Å²) in [6, 6.07) is 1.06. The molecule has 0 atom stereocenters. The molecule has 0 heterocycles. The van der Waals surface area contributed by atoms with Crippen LogP contribution in [0.25, 0.3) is 0 Å². The Balaban J connectivity index is 3.33. The van der Waals surface area contributed by atoms with Crippen LogP contribution >= 0.6 is 10.7 Å². The Labute approximate surface area is 120 Å². The van der Waals surface area contributed by atoms with Gasteiger partial charge in [-0.3, -0.25) is 4.79 Å². The summed E-state index contributed by atoms with van der Waals surface area (Å²) in [5, 5.41) is 2.49. The second-order valence-corrected chi connectivity index (χ2v) is 7.43. The average molecular weight is 326 g/mol. The molecule has 1 amide bonds. The van der Waals surface area contributed by atoms with Crippen molar-refractivity contribution in [1.82, 2.24) is 5.32 Å².